The molecule has 170 valence electrons. The van der Waals surface area contributed by atoms with Gasteiger partial charge in [-0.1, -0.05) is 0 Å². The first kappa shape index (κ1) is 20.7. The molecule has 0 atom stereocenters. The largest absolute Gasteiger partial charge is 0.368 e. The number of anilines is 3. The van der Waals surface area contributed by atoms with Crippen LogP contribution >= 0.6 is 22.9 Å². The third kappa shape index (κ3) is 3.70. The van der Waals surface area contributed by atoms with Crippen molar-refractivity contribution < 1.29 is 9.47 Å². The number of fused-ring (bicyclic) bond motifs is 2. The Morgan fingerprint density at radius 1 is 1.18 bits per heavy atom. The van der Waals surface area contributed by atoms with Crippen LogP contribution in [-0.4, -0.2) is 48.7 Å². The second-order valence-electron chi connectivity index (χ2n) is 8.18. The Hall–Kier alpha value is -2.86. The van der Waals surface area contributed by atoms with E-state index in [4.69, 9.17) is 26.8 Å². The molecule has 3 N–H and O–H groups in total. The Morgan fingerprint density at radius 3 is 2.85 bits per heavy atom. The maximum atomic E-state index is 6.18. The summed E-state index contributed by atoms with van der Waals surface area (Å²) in [5.74, 6) is 0.578. The molecule has 33 heavy (non-hydrogen) atoms. The zero-order chi connectivity index (χ0) is 22.6. The molecule has 1 aliphatic carbocycles. The first-order valence-electron chi connectivity index (χ1n) is 10.7. The van der Waals surface area contributed by atoms with Crippen molar-refractivity contribution in [1.29, 1.82) is 0 Å². The molecule has 4 aromatic heterocycles. The Labute approximate surface area is 198 Å². The second-order valence-corrected chi connectivity index (χ2v) is 9.40. The summed E-state index contributed by atoms with van der Waals surface area (Å²) in [6.45, 7) is 3.28. The van der Waals surface area contributed by atoms with Crippen LogP contribution in [0.15, 0.2) is 17.6 Å². The molecule has 0 bridgehead atoms. The van der Waals surface area contributed by atoms with Gasteiger partial charge in [-0.2, -0.15) is 14.6 Å². The molecule has 6 rings (SSSR count). The van der Waals surface area contributed by atoms with Crippen LogP contribution in [0.2, 0.25) is 5.28 Å². The standard InChI is InChI=1S/C21H21ClN8O2S/c1-11-10-33-16-15(11)26-18(22)27-17(16)30-19(23)28-20(29-30)25-13-8-12-2-4-21(31-6-7-32-21)5-3-14(12)24-9-13/h8-10H,2-7H2,1H3,(H3,23,25,28,29). The predicted octanol–water partition coefficient (Wildman–Crippen LogP) is 3.58. The monoisotopic (exact) mass is 484 g/mol. The smallest absolute Gasteiger partial charge is 0.248 e. The number of aryl methyl sites for hydroxylation is 3. The zero-order valence-corrected chi connectivity index (χ0v) is 19.4. The van der Waals surface area contributed by atoms with Crippen LogP contribution in [-0.2, 0) is 22.3 Å². The lowest BCUT2D eigenvalue weighted by Gasteiger charge is -2.25. The van der Waals surface area contributed by atoms with E-state index < -0.39 is 5.79 Å². The molecular weight excluding hydrogens is 464 g/mol. The summed E-state index contributed by atoms with van der Waals surface area (Å²) < 4.78 is 14.1. The zero-order valence-electron chi connectivity index (χ0n) is 17.8. The van der Waals surface area contributed by atoms with Crippen LogP contribution in [0, 0.1) is 6.92 Å². The van der Waals surface area contributed by atoms with Crippen molar-refractivity contribution in [2.24, 2.45) is 0 Å². The minimum atomic E-state index is -0.465. The van der Waals surface area contributed by atoms with Gasteiger partial charge in [0.1, 0.15) is 0 Å². The number of aromatic nitrogens is 6. The number of nitrogens with two attached hydrogens (primary N) is 1. The quantitative estimate of drug-likeness (QED) is 0.419. The van der Waals surface area contributed by atoms with E-state index in [0.29, 0.717) is 25.0 Å². The van der Waals surface area contributed by atoms with E-state index in [2.05, 4.69) is 36.4 Å². The van der Waals surface area contributed by atoms with Gasteiger partial charge in [0.05, 0.1) is 35.3 Å². The van der Waals surface area contributed by atoms with Crippen LogP contribution in [0.4, 0.5) is 17.6 Å². The highest BCUT2D eigenvalue weighted by Crippen LogP contribution is 2.35. The summed E-state index contributed by atoms with van der Waals surface area (Å²) in [4.78, 5) is 17.7. The fraction of sp³-hybridized carbons (Fsp3) is 0.381. The Kier molecular flexibility index (Phi) is 4.94. The molecule has 1 aliphatic heterocycles. The summed E-state index contributed by atoms with van der Waals surface area (Å²) in [6.07, 6.45) is 5.07. The van der Waals surface area contributed by atoms with Gasteiger partial charge in [-0.25, -0.2) is 4.98 Å². The van der Waals surface area contributed by atoms with E-state index in [1.165, 1.54) is 21.6 Å². The summed E-state index contributed by atoms with van der Waals surface area (Å²) in [5.41, 5.74) is 11.0. The minimum Gasteiger partial charge on any atom is -0.368 e. The normalized spacial score (nSPS) is 17.4. The van der Waals surface area contributed by atoms with Crippen molar-refractivity contribution in [1.82, 2.24) is 29.7 Å². The van der Waals surface area contributed by atoms with Gasteiger partial charge in [0, 0.05) is 18.5 Å². The lowest BCUT2D eigenvalue weighted by atomic mass is 10.1. The van der Waals surface area contributed by atoms with Crippen molar-refractivity contribution >= 4 is 50.7 Å². The number of nitrogen functional groups attached to an aromatic ring is 1. The fourth-order valence-electron chi connectivity index (χ4n) is 4.39. The molecule has 12 heteroatoms. The van der Waals surface area contributed by atoms with E-state index in [0.717, 1.165) is 52.8 Å². The molecule has 0 aromatic carbocycles. The first-order valence-corrected chi connectivity index (χ1v) is 11.9. The molecule has 1 spiro atoms. The van der Waals surface area contributed by atoms with Gasteiger partial charge in [-0.15, -0.1) is 16.4 Å². The number of rotatable bonds is 3. The third-order valence-electron chi connectivity index (χ3n) is 6.03. The number of nitrogens with zero attached hydrogens (tertiary/aromatic N) is 6. The van der Waals surface area contributed by atoms with Crippen LogP contribution in [0.25, 0.3) is 16.0 Å². The number of hydrogen-bond donors (Lipinski definition) is 2. The van der Waals surface area contributed by atoms with Crippen molar-refractivity contribution in [2.75, 3.05) is 24.3 Å². The highest BCUT2D eigenvalue weighted by Gasteiger charge is 2.38. The number of thiophene rings is 1. The highest BCUT2D eigenvalue weighted by molar-refractivity contribution is 7.17. The molecule has 0 amide bonds. The van der Waals surface area contributed by atoms with Crippen LogP contribution < -0.4 is 11.1 Å². The van der Waals surface area contributed by atoms with Gasteiger partial charge >= 0.3 is 0 Å². The highest BCUT2D eigenvalue weighted by atomic mass is 35.5. The average Bonchev–Trinajstić information content (AvgIpc) is 3.47. The lowest BCUT2D eigenvalue weighted by Crippen LogP contribution is -2.30. The number of pyridine rings is 1. The predicted molar refractivity (Wildman–Crippen MR) is 125 cm³/mol. The summed E-state index contributed by atoms with van der Waals surface area (Å²) in [6, 6.07) is 2.08. The molecule has 1 fully saturated rings. The van der Waals surface area contributed by atoms with Crippen LogP contribution in [0.5, 0.6) is 0 Å². The molecule has 0 saturated carbocycles. The van der Waals surface area contributed by atoms with Gasteiger partial charge in [0.15, 0.2) is 11.6 Å². The number of hydrogen-bond acceptors (Lipinski definition) is 10. The fourth-order valence-corrected chi connectivity index (χ4v) is 5.52. The SMILES string of the molecule is Cc1csc2c(-n3nc(Nc4cnc5c(c4)CCC4(CC5)OCCO4)nc3N)nc(Cl)nc12. The molecule has 0 radical (unpaired) electrons. The molecule has 5 heterocycles. The Balaban J connectivity index is 1.28. The first-order chi connectivity index (χ1) is 16.0. The molecule has 1 saturated heterocycles. The Morgan fingerprint density at radius 2 is 2.00 bits per heavy atom. The third-order valence-corrected chi connectivity index (χ3v) is 7.28. The van der Waals surface area contributed by atoms with Crippen molar-refractivity contribution in [3.05, 3.63) is 39.7 Å². The molecular formula is C21H21ClN8O2S. The molecule has 4 aromatic rings. The summed E-state index contributed by atoms with van der Waals surface area (Å²) in [7, 11) is 0. The summed E-state index contributed by atoms with van der Waals surface area (Å²) in [5, 5.41) is 9.87. The van der Waals surface area contributed by atoms with Crippen molar-refractivity contribution in [2.45, 2.75) is 38.4 Å². The van der Waals surface area contributed by atoms with E-state index in [-0.39, 0.29) is 11.2 Å². The van der Waals surface area contributed by atoms with Crippen LogP contribution in [0.3, 0.4) is 0 Å². The summed E-state index contributed by atoms with van der Waals surface area (Å²) >= 11 is 7.67. The lowest BCUT2D eigenvalue weighted by molar-refractivity contribution is -0.164. The van der Waals surface area contributed by atoms with E-state index in [1.807, 2.05) is 12.3 Å². The van der Waals surface area contributed by atoms with Gasteiger partial charge in [-0.3, -0.25) is 4.98 Å². The Bertz CT molecular complexity index is 1360. The van der Waals surface area contributed by atoms with Gasteiger partial charge in [-0.05, 0) is 53.9 Å². The minimum absolute atomic E-state index is 0.131. The van der Waals surface area contributed by atoms with E-state index in [1.54, 1.807) is 6.20 Å². The van der Waals surface area contributed by atoms with Crippen molar-refractivity contribution in [3.8, 4) is 5.82 Å². The van der Waals surface area contributed by atoms with Crippen molar-refractivity contribution in [3.63, 3.8) is 0 Å². The number of halogens is 1. The maximum absolute atomic E-state index is 6.18. The van der Waals surface area contributed by atoms with Gasteiger partial charge in [0.2, 0.25) is 17.2 Å². The molecule has 0 unspecified atom stereocenters. The van der Waals surface area contributed by atoms with E-state index >= 15 is 0 Å². The molecule has 10 nitrogen and oxygen atoms in total. The molecule has 2 aliphatic rings. The van der Waals surface area contributed by atoms with Crippen LogP contribution in [0.1, 0.15) is 29.7 Å². The van der Waals surface area contributed by atoms with Gasteiger partial charge < -0.3 is 20.5 Å². The maximum Gasteiger partial charge on any atom is 0.248 e. The second kappa shape index (κ2) is 7.87. The average molecular weight is 485 g/mol. The van der Waals surface area contributed by atoms with E-state index in [9.17, 15) is 0 Å². The van der Waals surface area contributed by atoms with Gasteiger partial charge in [0.25, 0.3) is 0 Å². The topological polar surface area (TPSA) is 126 Å². The number of ether oxygens (including phenoxy) is 2. The number of nitrogens with one attached hydrogen (secondary N) is 1.